The number of rotatable bonds is 3. The van der Waals surface area contributed by atoms with Gasteiger partial charge in [-0.2, -0.15) is 0 Å². The first-order valence-corrected chi connectivity index (χ1v) is 3.38. The quantitative estimate of drug-likeness (QED) is 0.577. The predicted molar refractivity (Wildman–Crippen MR) is 39.2 cm³/mol. The summed E-state index contributed by atoms with van der Waals surface area (Å²) in [6.45, 7) is 1.38. The molecule has 0 spiro atoms. The average molecular weight is 176 g/mol. The third-order valence-corrected chi connectivity index (χ3v) is 1.49. The summed E-state index contributed by atoms with van der Waals surface area (Å²) in [5.74, 6) is -2.39. The molecule has 0 aliphatic heterocycles. The zero-order chi connectivity index (χ0) is 9.72. The molecule has 0 rings (SSSR count). The van der Waals surface area contributed by atoms with E-state index in [4.69, 9.17) is 5.11 Å². The maximum absolute atomic E-state index is 10.8. The minimum atomic E-state index is -1.46. The zero-order valence-electron chi connectivity index (χ0n) is 7.23. The molecular weight excluding hydrogens is 164 g/mol. The lowest BCUT2D eigenvalue weighted by Crippen LogP contribution is -2.34. The lowest BCUT2D eigenvalue weighted by molar-refractivity contribution is -0.162. The highest BCUT2D eigenvalue weighted by atomic mass is 16.5. The van der Waals surface area contributed by atoms with Gasteiger partial charge in [0.25, 0.3) is 0 Å². The average Bonchev–Trinajstić information content (AvgIpc) is 2.12. The molecule has 0 bridgehead atoms. The Morgan fingerprint density at radius 3 is 1.92 bits per heavy atom. The summed E-state index contributed by atoms with van der Waals surface area (Å²) in [4.78, 5) is 21.5. The molecule has 0 radical (unpaired) electrons. The number of hydrogen-bond acceptors (Lipinski definition) is 5. The van der Waals surface area contributed by atoms with Gasteiger partial charge in [0.05, 0.1) is 20.1 Å². The van der Waals surface area contributed by atoms with Gasteiger partial charge in [-0.05, 0) is 6.92 Å². The predicted octanol–water partition coefficient (Wildman–Crippen LogP) is -0.671. The van der Waals surface area contributed by atoms with E-state index in [9.17, 15) is 9.59 Å². The molecule has 0 aromatic rings. The van der Waals surface area contributed by atoms with Crippen molar-refractivity contribution in [3.8, 4) is 0 Å². The molecule has 0 aromatic carbocycles. The summed E-state index contributed by atoms with van der Waals surface area (Å²) in [5.41, 5.74) is 0. The third kappa shape index (κ3) is 2.50. The molecular formula is C7H12O5. The van der Waals surface area contributed by atoms with E-state index in [1.807, 2.05) is 0 Å². The van der Waals surface area contributed by atoms with E-state index in [-0.39, 0.29) is 0 Å². The highest BCUT2D eigenvalue weighted by molar-refractivity contribution is 5.83. The summed E-state index contributed by atoms with van der Waals surface area (Å²) in [5, 5.41) is 9.11. The Labute approximate surface area is 70.3 Å². The molecule has 0 fully saturated rings. The fourth-order valence-corrected chi connectivity index (χ4v) is 0.640. The minimum absolute atomic E-state index is 0.645. The first kappa shape index (κ1) is 10.9. The molecule has 2 unspecified atom stereocenters. The second-order valence-corrected chi connectivity index (χ2v) is 2.28. The van der Waals surface area contributed by atoms with Gasteiger partial charge < -0.3 is 14.6 Å². The first-order chi connectivity index (χ1) is 5.54. The minimum Gasteiger partial charge on any atom is -0.469 e. The van der Waals surface area contributed by atoms with Crippen molar-refractivity contribution in [2.24, 2.45) is 5.92 Å². The molecule has 0 aliphatic carbocycles. The molecule has 0 heterocycles. The summed E-state index contributed by atoms with van der Waals surface area (Å²) < 4.78 is 8.55. The summed E-state index contributed by atoms with van der Waals surface area (Å²) >= 11 is 0. The van der Waals surface area contributed by atoms with Gasteiger partial charge in [0, 0.05) is 0 Å². The van der Waals surface area contributed by atoms with Gasteiger partial charge in [-0.3, -0.25) is 4.79 Å². The summed E-state index contributed by atoms with van der Waals surface area (Å²) in [7, 11) is 2.32. The highest BCUT2D eigenvalue weighted by Crippen LogP contribution is 2.06. The Morgan fingerprint density at radius 2 is 1.58 bits per heavy atom. The van der Waals surface area contributed by atoms with Crippen LogP contribution in [0, 0.1) is 5.92 Å². The van der Waals surface area contributed by atoms with E-state index in [1.54, 1.807) is 0 Å². The smallest absolute Gasteiger partial charge is 0.335 e. The maximum Gasteiger partial charge on any atom is 0.335 e. The normalized spacial score (nSPS) is 14.7. The Balaban J connectivity index is 4.18. The summed E-state index contributed by atoms with van der Waals surface area (Å²) in [6.07, 6.45) is -1.46. The second kappa shape index (κ2) is 4.71. The Kier molecular flexibility index (Phi) is 4.28. The van der Waals surface area contributed by atoms with E-state index in [2.05, 4.69) is 9.47 Å². The molecule has 0 amide bonds. The number of aliphatic hydroxyl groups is 1. The number of esters is 2. The molecule has 1 N–H and O–H groups in total. The van der Waals surface area contributed by atoms with Crippen LogP contribution in [0.4, 0.5) is 0 Å². The van der Waals surface area contributed by atoms with Crippen molar-refractivity contribution >= 4 is 11.9 Å². The Bertz CT molecular complexity index is 157. The van der Waals surface area contributed by atoms with Crippen LogP contribution in [0.3, 0.4) is 0 Å². The fourth-order valence-electron chi connectivity index (χ4n) is 0.640. The van der Waals surface area contributed by atoms with Crippen molar-refractivity contribution in [2.45, 2.75) is 13.0 Å². The third-order valence-electron chi connectivity index (χ3n) is 1.49. The lowest BCUT2D eigenvalue weighted by Gasteiger charge is -2.13. The standard InChI is InChI=1S/C7H12O5/c1-4(6(9)11-2)5(8)7(10)12-3/h4-5,8H,1-3H3. The largest absolute Gasteiger partial charge is 0.469 e. The number of carbonyl (C=O) groups is 2. The lowest BCUT2D eigenvalue weighted by atomic mass is 10.1. The van der Waals surface area contributed by atoms with Crippen LogP contribution >= 0.6 is 0 Å². The number of hydrogen-bond donors (Lipinski definition) is 1. The van der Waals surface area contributed by atoms with Crippen LogP contribution in [-0.4, -0.2) is 37.4 Å². The number of carbonyl (C=O) groups excluding carboxylic acids is 2. The van der Waals surface area contributed by atoms with Crippen molar-refractivity contribution < 1.29 is 24.2 Å². The maximum atomic E-state index is 10.8. The van der Waals surface area contributed by atoms with Crippen LogP contribution in [0.5, 0.6) is 0 Å². The van der Waals surface area contributed by atoms with Crippen LogP contribution in [0.2, 0.25) is 0 Å². The van der Waals surface area contributed by atoms with Crippen molar-refractivity contribution in [3.05, 3.63) is 0 Å². The van der Waals surface area contributed by atoms with Gasteiger partial charge in [0.1, 0.15) is 0 Å². The molecule has 0 saturated carbocycles. The van der Waals surface area contributed by atoms with Gasteiger partial charge in [-0.1, -0.05) is 0 Å². The molecule has 0 aromatic heterocycles. The number of methoxy groups -OCH3 is 2. The van der Waals surface area contributed by atoms with Crippen LogP contribution < -0.4 is 0 Å². The van der Waals surface area contributed by atoms with E-state index < -0.39 is 24.0 Å². The topological polar surface area (TPSA) is 72.8 Å². The van der Waals surface area contributed by atoms with Crippen molar-refractivity contribution in [2.75, 3.05) is 14.2 Å². The molecule has 5 heteroatoms. The molecule has 5 nitrogen and oxygen atoms in total. The van der Waals surface area contributed by atoms with Gasteiger partial charge in [-0.25, -0.2) is 4.79 Å². The molecule has 2 atom stereocenters. The van der Waals surface area contributed by atoms with E-state index >= 15 is 0 Å². The van der Waals surface area contributed by atoms with Crippen LogP contribution in [0.1, 0.15) is 6.92 Å². The molecule has 12 heavy (non-hydrogen) atoms. The first-order valence-electron chi connectivity index (χ1n) is 3.38. The Hall–Kier alpha value is -1.10. The number of aliphatic hydroxyl groups excluding tert-OH is 1. The van der Waals surface area contributed by atoms with Crippen LogP contribution in [0.25, 0.3) is 0 Å². The highest BCUT2D eigenvalue weighted by Gasteiger charge is 2.29. The molecule has 0 saturated heterocycles. The summed E-state index contributed by atoms with van der Waals surface area (Å²) in [6, 6.07) is 0. The van der Waals surface area contributed by atoms with Gasteiger partial charge >= 0.3 is 11.9 Å². The van der Waals surface area contributed by atoms with E-state index in [1.165, 1.54) is 14.0 Å². The van der Waals surface area contributed by atoms with Crippen molar-refractivity contribution in [1.82, 2.24) is 0 Å². The zero-order valence-corrected chi connectivity index (χ0v) is 7.23. The fraction of sp³-hybridized carbons (Fsp3) is 0.714. The van der Waals surface area contributed by atoms with Crippen molar-refractivity contribution in [1.29, 1.82) is 0 Å². The van der Waals surface area contributed by atoms with Gasteiger partial charge in [-0.15, -0.1) is 0 Å². The number of ether oxygens (including phenoxy) is 2. The van der Waals surface area contributed by atoms with E-state index in [0.29, 0.717) is 0 Å². The SMILES string of the molecule is COC(=O)C(C)C(O)C(=O)OC. The van der Waals surface area contributed by atoms with Gasteiger partial charge in [0.2, 0.25) is 0 Å². The monoisotopic (exact) mass is 176 g/mol. The molecule has 70 valence electrons. The van der Waals surface area contributed by atoms with Crippen LogP contribution in [0.15, 0.2) is 0 Å². The van der Waals surface area contributed by atoms with Crippen LogP contribution in [-0.2, 0) is 19.1 Å². The Morgan fingerprint density at radius 1 is 1.17 bits per heavy atom. The molecule has 0 aliphatic rings. The second-order valence-electron chi connectivity index (χ2n) is 2.28. The van der Waals surface area contributed by atoms with Gasteiger partial charge in [0.15, 0.2) is 6.10 Å². The van der Waals surface area contributed by atoms with E-state index in [0.717, 1.165) is 7.11 Å². The van der Waals surface area contributed by atoms with Crippen molar-refractivity contribution in [3.63, 3.8) is 0 Å².